The minimum absolute atomic E-state index is 0.137. The van der Waals surface area contributed by atoms with Crippen molar-refractivity contribution in [3.05, 3.63) is 54.1 Å². The Labute approximate surface area is 189 Å². The number of rotatable bonds is 8. The van der Waals surface area contributed by atoms with Crippen molar-refractivity contribution in [1.29, 1.82) is 0 Å². The monoisotopic (exact) mass is 459 g/mol. The van der Waals surface area contributed by atoms with Gasteiger partial charge in [0.05, 0.1) is 10.6 Å². The summed E-state index contributed by atoms with van der Waals surface area (Å²) in [6, 6.07) is 13.6. The average molecular weight is 460 g/mol. The predicted octanol–water partition coefficient (Wildman–Crippen LogP) is 2.54. The number of ether oxygens (including phenoxy) is 1. The topological polar surface area (TPSA) is 96.0 Å². The van der Waals surface area contributed by atoms with Crippen LogP contribution < -0.4 is 15.0 Å². The van der Waals surface area contributed by atoms with Crippen LogP contribution in [0.1, 0.15) is 32.8 Å². The second-order valence-corrected chi connectivity index (χ2v) is 10.0. The van der Waals surface area contributed by atoms with Crippen LogP contribution >= 0.6 is 0 Å². The van der Waals surface area contributed by atoms with Gasteiger partial charge in [0.25, 0.3) is 5.91 Å². The molecule has 1 N–H and O–H groups in total. The van der Waals surface area contributed by atoms with E-state index >= 15 is 0 Å². The first-order valence-corrected chi connectivity index (χ1v) is 12.0. The molecule has 0 saturated carbocycles. The third-order valence-corrected chi connectivity index (χ3v) is 7.50. The summed E-state index contributed by atoms with van der Waals surface area (Å²) in [7, 11) is -2.00. The fourth-order valence-electron chi connectivity index (χ4n) is 3.31. The summed E-state index contributed by atoms with van der Waals surface area (Å²) in [5, 5.41) is 2.82. The van der Waals surface area contributed by atoms with E-state index in [4.69, 9.17) is 4.74 Å². The Morgan fingerprint density at radius 3 is 2.47 bits per heavy atom. The summed E-state index contributed by atoms with van der Waals surface area (Å²) < 4.78 is 32.0. The quantitative estimate of drug-likeness (QED) is 0.655. The molecule has 0 aromatic heterocycles. The van der Waals surface area contributed by atoms with Crippen molar-refractivity contribution in [1.82, 2.24) is 9.62 Å². The zero-order valence-electron chi connectivity index (χ0n) is 18.7. The number of hydrogen-bond acceptors (Lipinski definition) is 5. The molecule has 8 nitrogen and oxygen atoms in total. The largest absolute Gasteiger partial charge is 0.479 e. The Balaban J connectivity index is 1.56. The van der Waals surface area contributed by atoms with Crippen LogP contribution in [0.2, 0.25) is 0 Å². The Morgan fingerprint density at radius 2 is 1.81 bits per heavy atom. The number of nitrogens with zero attached hydrogens (tertiary/aromatic N) is 2. The number of fused-ring (bicyclic) bond motifs is 1. The molecule has 0 spiro atoms. The summed E-state index contributed by atoms with van der Waals surface area (Å²) in [6.07, 6.45) is -0.462. The maximum atomic E-state index is 12.5. The summed E-state index contributed by atoms with van der Waals surface area (Å²) in [5.41, 5.74) is 1.44. The smallest absolute Gasteiger partial charge is 0.267 e. The van der Waals surface area contributed by atoms with Crippen LogP contribution in [0.4, 0.5) is 5.69 Å². The molecular formula is C23H29N3O5S. The Morgan fingerprint density at radius 1 is 1.16 bits per heavy atom. The third kappa shape index (κ3) is 5.11. The van der Waals surface area contributed by atoms with Gasteiger partial charge in [0.15, 0.2) is 6.10 Å². The van der Waals surface area contributed by atoms with Crippen LogP contribution in [0, 0.1) is 0 Å². The molecule has 0 radical (unpaired) electrons. The normalized spacial score (nSPS) is 16.1. The molecule has 0 bridgehead atoms. The Kier molecular flexibility index (Phi) is 7.20. The van der Waals surface area contributed by atoms with Gasteiger partial charge in [-0.3, -0.25) is 9.59 Å². The van der Waals surface area contributed by atoms with Crippen molar-refractivity contribution in [3.8, 4) is 5.75 Å². The summed E-state index contributed by atoms with van der Waals surface area (Å²) >= 11 is 0. The van der Waals surface area contributed by atoms with Gasteiger partial charge < -0.3 is 15.0 Å². The lowest BCUT2D eigenvalue weighted by molar-refractivity contribution is -0.125. The molecule has 1 aliphatic rings. The number of amides is 2. The zero-order chi connectivity index (χ0) is 23.5. The minimum atomic E-state index is -3.54. The zero-order valence-corrected chi connectivity index (χ0v) is 19.6. The van der Waals surface area contributed by atoms with Crippen molar-refractivity contribution >= 4 is 27.5 Å². The molecular weight excluding hydrogens is 430 g/mol. The molecule has 1 aliphatic heterocycles. The number of hydrogen-bond donors (Lipinski definition) is 1. The first-order valence-electron chi connectivity index (χ1n) is 10.5. The van der Waals surface area contributed by atoms with E-state index in [1.165, 1.54) is 4.31 Å². The van der Waals surface area contributed by atoms with E-state index in [9.17, 15) is 18.0 Å². The van der Waals surface area contributed by atoms with E-state index in [-0.39, 0.29) is 42.3 Å². The molecule has 1 atom stereocenters. The molecule has 3 rings (SSSR count). The number of carbonyl (C=O) groups excluding carboxylic acids is 2. The maximum absolute atomic E-state index is 12.5. The first-order chi connectivity index (χ1) is 15.1. The SMILES string of the molecule is CC1Oc2ccccc2N(CCC(=O)NCc2ccc(S(=O)(=O)N(C)C(C)C)cc2)C1=O. The highest BCUT2D eigenvalue weighted by Crippen LogP contribution is 2.33. The second kappa shape index (κ2) is 9.70. The van der Waals surface area contributed by atoms with E-state index < -0.39 is 16.1 Å². The summed E-state index contributed by atoms with van der Waals surface area (Å²) in [6.45, 7) is 5.82. The Hall–Kier alpha value is -2.91. The first kappa shape index (κ1) is 23.7. The maximum Gasteiger partial charge on any atom is 0.267 e. The molecule has 0 saturated heterocycles. The van der Waals surface area contributed by atoms with E-state index in [1.807, 2.05) is 26.0 Å². The number of benzene rings is 2. The van der Waals surface area contributed by atoms with E-state index in [0.717, 1.165) is 5.56 Å². The van der Waals surface area contributed by atoms with Crippen LogP contribution in [0.25, 0.3) is 0 Å². The van der Waals surface area contributed by atoms with Gasteiger partial charge in [-0.2, -0.15) is 4.31 Å². The van der Waals surface area contributed by atoms with E-state index in [2.05, 4.69) is 5.32 Å². The van der Waals surface area contributed by atoms with Crippen LogP contribution in [0.5, 0.6) is 5.75 Å². The number of sulfonamides is 1. The van der Waals surface area contributed by atoms with E-state index in [0.29, 0.717) is 11.4 Å². The third-order valence-electron chi connectivity index (χ3n) is 5.45. The number of anilines is 1. The van der Waals surface area contributed by atoms with Crippen LogP contribution in [0.15, 0.2) is 53.4 Å². The molecule has 9 heteroatoms. The molecule has 2 aromatic carbocycles. The summed E-state index contributed by atoms with van der Waals surface area (Å²) in [4.78, 5) is 26.7. The minimum Gasteiger partial charge on any atom is -0.479 e. The summed E-state index contributed by atoms with van der Waals surface area (Å²) in [5.74, 6) is 0.239. The van der Waals surface area contributed by atoms with Crippen molar-refractivity contribution in [3.63, 3.8) is 0 Å². The van der Waals surface area contributed by atoms with Gasteiger partial charge in [0.2, 0.25) is 15.9 Å². The Bertz CT molecular complexity index is 1080. The number of para-hydroxylation sites is 2. The van der Waals surface area contributed by atoms with Gasteiger partial charge in [-0.05, 0) is 50.6 Å². The molecule has 1 unspecified atom stereocenters. The molecule has 0 aliphatic carbocycles. The molecule has 1 heterocycles. The van der Waals surface area contributed by atoms with Crippen molar-refractivity contribution in [2.45, 2.75) is 50.8 Å². The van der Waals surface area contributed by atoms with Crippen molar-refractivity contribution in [2.75, 3.05) is 18.5 Å². The van der Waals surface area contributed by atoms with Crippen molar-refractivity contribution in [2.24, 2.45) is 0 Å². The lowest BCUT2D eigenvalue weighted by atomic mass is 10.1. The van der Waals surface area contributed by atoms with Gasteiger partial charge in [-0.1, -0.05) is 24.3 Å². The van der Waals surface area contributed by atoms with Gasteiger partial charge in [-0.25, -0.2) is 8.42 Å². The van der Waals surface area contributed by atoms with Gasteiger partial charge in [0.1, 0.15) is 5.75 Å². The average Bonchev–Trinajstić information content (AvgIpc) is 2.77. The van der Waals surface area contributed by atoms with Crippen LogP contribution in [0.3, 0.4) is 0 Å². The molecule has 2 amide bonds. The van der Waals surface area contributed by atoms with E-state index in [1.54, 1.807) is 55.3 Å². The van der Waals surface area contributed by atoms with Gasteiger partial charge in [0, 0.05) is 32.6 Å². The van der Waals surface area contributed by atoms with Gasteiger partial charge in [-0.15, -0.1) is 0 Å². The fraction of sp³-hybridized carbons (Fsp3) is 0.391. The predicted molar refractivity (Wildman–Crippen MR) is 122 cm³/mol. The van der Waals surface area contributed by atoms with Gasteiger partial charge >= 0.3 is 0 Å². The fourth-order valence-corrected chi connectivity index (χ4v) is 4.68. The molecule has 0 fully saturated rings. The highest BCUT2D eigenvalue weighted by atomic mass is 32.2. The van der Waals surface area contributed by atoms with Crippen molar-refractivity contribution < 1.29 is 22.7 Å². The molecule has 32 heavy (non-hydrogen) atoms. The molecule has 2 aromatic rings. The lowest BCUT2D eigenvalue weighted by Gasteiger charge is -2.32. The number of carbonyl (C=O) groups is 2. The van der Waals surface area contributed by atoms with Crippen LogP contribution in [-0.4, -0.2) is 50.3 Å². The van der Waals surface area contributed by atoms with Crippen LogP contribution in [-0.2, 0) is 26.2 Å². The standard InChI is InChI=1S/C23H29N3O5S/c1-16(2)25(4)32(29,30)19-11-9-18(10-12-19)15-24-22(27)13-14-26-20-7-5-6-8-21(20)31-17(3)23(26)28/h5-12,16-17H,13-15H2,1-4H3,(H,24,27). The second-order valence-electron chi connectivity index (χ2n) is 8.00. The number of nitrogens with one attached hydrogen (secondary N) is 1. The highest BCUT2D eigenvalue weighted by molar-refractivity contribution is 7.89. The lowest BCUT2D eigenvalue weighted by Crippen LogP contribution is -2.45. The highest BCUT2D eigenvalue weighted by Gasteiger charge is 2.31. The molecule has 172 valence electrons.